The van der Waals surface area contributed by atoms with Crippen molar-refractivity contribution in [3.8, 4) is 0 Å². The smallest absolute Gasteiger partial charge is 0.475 e. The second-order valence-electron chi connectivity index (χ2n) is 10.0. The van der Waals surface area contributed by atoms with Gasteiger partial charge in [0.05, 0.1) is 18.6 Å². The largest absolute Gasteiger partial charge is 0.490 e. The highest BCUT2D eigenvalue weighted by atomic mass is 19.4. The summed E-state index contributed by atoms with van der Waals surface area (Å²) in [6, 6.07) is 5.93. The highest BCUT2D eigenvalue weighted by Gasteiger charge is 2.55. The number of ether oxygens (including phenoxy) is 1. The topological polar surface area (TPSA) is 103 Å². The highest BCUT2D eigenvalue weighted by molar-refractivity contribution is 5.85. The molecule has 2 amide bonds. The Morgan fingerprint density at radius 3 is 2.32 bits per heavy atom. The number of anilines is 1. The molecule has 12 heteroatoms. The molecule has 3 saturated heterocycles. The van der Waals surface area contributed by atoms with Crippen LogP contribution in [0.5, 0.6) is 0 Å². The van der Waals surface area contributed by atoms with Crippen LogP contribution in [0, 0.1) is 17.3 Å². The quantitative estimate of drug-likeness (QED) is 0.610. The number of hydrogen-bond acceptors (Lipinski definition) is 6. The van der Waals surface area contributed by atoms with Crippen molar-refractivity contribution in [2.24, 2.45) is 17.3 Å². The van der Waals surface area contributed by atoms with E-state index in [0.29, 0.717) is 39.4 Å². The van der Waals surface area contributed by atoms with E-state index in [1.54, 1.807) is 0 Å². The number of carbonyl (C=O) groups excluding carboxylic acids is 2. The SMILES string of the molecule is CCC(CC)C(=O)N1CCC[C@]2(C(=O)N3CCOCC3)CN(c3ccccn3)C[C@@H]2C1.O=C(O)C(F)(F)F. The zero-order chi connectivity index (χ0) is 27.9. The Kier molecular flexibility index (Phi) is 9.97. The maximum Gasteiger partial charge on any atom is 0.490 e. The van der Waals surface area contributed by atoms with Crippen molar-refractivity contribution in [3.05, 3.63) is 24.4 Å². The van der Waals surface area contributed by atoms with Crippen LogP contribution < -0.4 is 4.90 Å². The number of halogens is 3. The molecule has 0 saturated carbocycles. The zero-order valence-electron chi connectivity index (χ0n) is 22.0. The molecule has 3 aliphatic rings. The van der Waals surface area contributed by atoms with Crippen LogP contribution in [0.1, 0.15) is 39.5 Å². The van der Waals surface area contributed by atoms with Gasteiger partial charge in [0.15, 0.2) is 0 Å². The predicted molar refractivity (Wildman–Crippen MR) is 133 cm³/mol. The zero-order valence-corrected chi connectivity index (χ0v) is 22.0. The molecule has 9 nitrogen and oxygen atoms in total. The van der Waals surface area contributed by atoms with E-state index in [9.17, 15) is 22.8 Å². The third-order valence-corrected chi connectivity index (χ3v) is 7.77. The van der Waals surface area contributed by atoms with E-state index < -0.39 is 17.6 Å². The first-order valence-electron chi connectivity index (χ1n) is 13.2. The van der Waals surface area contributed by atoms with Gasteiger partial charge in [-0.15, -0.1) is 0 Å². The van der Waals surface area contributed by atoms with Crippen LogP contribution in [0.15, 0.2) is 24.4 Å². The van der Waals surface area contributed by atoms with Gasteiger partial charge < -0.3 is 24.5 Å². The fourth-order valence-corrected chi connectivity index (χ4v) is 5.68. The number of carboxylic acid groups (broad SMARTS) is 1. The molecule has 4 heterocycles. The van der Waals surface area contributed by atoms with Crippen LogP contribution >= 0.6 is 0 Å². The van der Waals surface area contributed by atoms with Gasteiger partial charge in [0.2, 0.25) is 11.8 Å². The van der Waals surface area contributed by atoms with E-state index >= 15 is 0 Å². The second-order valence-corrected chi connectivity index (χ2v) is 10.0. The minimum absolute atomic E-state index is 0.0794. The number of rotatable bonds is 5. The fourth-order valence-electron chi connectivity index (χ4n) is 5.68. The van der Waals surface area contributed by atoms with Gasteiger partial charge >= 0.3 is 12.1 Å². The summed E-state index contributed by atoms with van der Waals surface area (Å²) < 4.78 is 37.2. The summed E-state index contributed by atoms with van der Waals surface area (Å²) in [6.07, 6.45) is 0.157. The summed E-state index contributed by atoms with van der Waals surface area (Å²) in [5.74, 6) is -1.14. The first-order valence-corrected chi connectivity index (χ1v) is 13.2. The Morgan fingerprint density at radius 1 is 1.11 bits per heavy atom. The number of alkyl halides is 3. The van der Waals surface area contributed by atoms with Crippen molar-refractivity contribution in [2.75, 3.05) is 57.4 Å². The Bertz CT molecular complexity index is 954. The van der Waals surface area contributed by atoms with Crippen LogP contribution in [0.3, 0.4) is 0 Å². The molecule has 0 bridgehead atoms. The molecule has 4 rings (SSSR count). The number of pyridine rings is 1. The van der Waals surface area contributed by atoms with E-state index in [1.165, 1.54) is 0 Å². The number of hydrogen-bond donors (Lipinski definition) is 1. The third-order valence-electron chi connectivity index (χ3n) is 7.77. The number of aromatic nitrogens is 1. The van der Waals surface area contributed by atoms with Gasteiger partial charge in [-0.05, 0) is 37.8 Å². The van der Waals surface area contributed by atoms with Gasteiger partial charge in [-0.3, -0.25) is 9.59 Å². The number of amides is 2. The van der Waals surface area contributed by atoms with Gasteiger partial charge in [0, 0.05) is 57.3 Å². The molecular weight excluding hydrogens is 505 g/mol. The Labute approximate surface area is 220 Å². The fraction of sp³-hybridized carbons (Fsp3) is 0.692. The first kappa shape index (κ1) is 29.7. The molecule has 1 N–H and O–H groups in total. The van der Waals surface area contributed by atoms with Gasteiger partial charge in [0.25, 0.3) is 0 Å². The van der Waals surface area contributed by atoms with E-state index in [4.69, 9.17) is 14.6 Å². The molecule has 3 aliphatic heterocycles. The number of nitrogens with zero attached hydrogens (tertiary/aromatic N) is 4. The van der Waals surface area contributed by atoms with Gasteiger partial charge in [0.1, 0.15) is 5.82 Å². The molecule has 212 valence electrons. The van der Waals surface area contributed by atoms with Crippen molar-refractivity contribution in [3.63, 3.8) is 0 Å². The number of carbonyl (C=O) groups is 3. The summed E-state index contributed by atoms with van der Waals surface area (Å²) in [5.41, 5.74) is -0.460. The van der Waals surface area contributed by atoms with E-state index in [1.807, 2.05) is 29.3 Å². The lowest BCUT2D eigenvalue weighted by atomic mass is 9.73. The minimum atomic E-state index is -5.08. The lowest BCUT2D eigenvalue weighted by Crippen LogP contribution is -2.53. The number of fused-ring (bicyclic) bond motifs is 1. The van der Waals surface area contributed by atoms with Crippen molar-refractivity contribution >= 4 is 23.6 Å². The number of morpholine rings is 1. The lowest BCUT2D eigenvalue weighted by molar-refractivity contribution is -0.192. The van der Waals surface area contributed by atoms with Crippen LogP contribution in [0.2, 0.25) is 0 Å². The first-order chi connectivity index (χ1) is 18.0. The Morgan fingerprint density at radius 2 is 1.76 bits per heavy atom. The van der Waals surface area contributed by atoms with Crippen LogP contribution in [-0.2, 0) is 19.1 Å². The second kappa shape index (κ2) is 12.8. The molecule has 0 aromatic carbocycles. The molecule has 1 aromatic rings. The van der Waals surface area contributed by atoms with Crippen LogP contribution in [0.25, 0.3) is 0 Å². The summed E-state index contributed by atoms with van der Waals surface area (Å²) >= 11 is 0. The normalized spacial score (nSPS) is 23.8. The van der Waals surface area contributed by atoms with E-state index in [2.05, 4.69) is 28.6 Å². The van der Waals surface area contributed by atoms with Crippen LogP contribution in [0.4, 0.5) is 19.0 Å². The minimum Gasteiger partial charge on any atom is -0.475 e. The summed E-state index contributed by atoms with van der Waals surface area (Å²) in [6.45, 7) is 9.58. The maximum absolute atomic E-state index is 13.9. The van der Waals surface area contributed by atoms with E-state index in [0.717, 1.165) is 44.6 Å². The number of likely N-dealkylation sites (tertiary alicyclic amines) is 1. The van der Waals surface area contributed by atoms with Crippen LogP contribution in [-0.4, -0.2) is 96.3 Å². The summed E-state index contributed by atoms with van der Waals surface area (Å²) in [4.78, 5) is 46.9. The summed E-state index contributed by atoms with van der Waals surface area (Å²) in [7, 11) is 0. The van der Waals surface area contributed by atoms with Gasteiger partial charge in [-0.25, -0.2) is 9.78 Å². The maximum atomic E-state index is 13.9. The van der Waals surface area contributed by atoms with E-state index in [-0.39, 0.29) is 23.7 Å². The van der Waals surface area contributed by atoms with Crippen molar-refractivity contribution < 1.29 is 37.4 Å². The molecule has 3 fully saturated rings. The molecule has 1 aromatic heterocycles. The average Bonchev–Trinajstić information content (AvgIpc) is 3.18. The Hall–Kier alpha value is -2.89. The molecule has 38 heavy (non-hydrogen) atoms. The molecule has 2 atom stereocenters. The molecular formula is C26H37F3N4O5. The highest BCUT2D eigenvalue weighted by Crippen LogP contribution is 2.45. The summed E-state index contributed by atoms with van der Waals surface area (Å²) in [5, 5.41) is 7.12. The van der Waals surface area contributed by atoms with Crippen molar-refractivity contribution in [2.45, 2.75) is 45.7 Å². The van der Waals surface area contributed by atoms with Crippen molar-refractivity contribution in [1.82, 2.24) is 14.8 Å². The van der Waals surface area contributed by atoms with Gasteiger partial charge in [-0.1, -0.05) is 19.9 Å². The number of aliphatic carboxylic acids is 1. The standard InChI is InChI=1S/C24H36N4O3.C2HF3O2/c1-3-19(4-2)22(29)27-11-7-9-24(23(30)26-12-14-31-15-13-26)18-28(17-20(24)16-27)21-8-5-6-10-25-21;3-2(4,5)1(6)7/h5-6,8,10,19-20H,3-4,7,9,11-18H2,1-2H3;(H,6,7)/t20-,24-;/m0./s1. The lowest BCUT2D eigenvalue weighted by Gasteiger charge is -2.39. The average molecular weight is 543 g/mol. The molecule has 0 aliphatic carbocycles. The number of carboxylic acids is 1. The Balaban J connectivity index is 0.000000505. The molecule has 0 spiro atoms. The van der Waals surface area contributed by atoms with Crippen molar-refractivity contribution in [1.29, 1.82) is 0 Å². The third kappa shape index (κ3) is 6.75. The monoisotopic (exact) mass is 542 g/mol. The molecule has 0 unspecified atom stereocenters. The van der Waals surface area contributed by atoms with Gasteiger partial charge in [-0.2, -0.15) is 13.2 Å². The predicted octanol–water partition coefficient (Wildman–Crippen LogP) is 3.05. The molecule has 0 radical (unpaired) electrons.